The molecule has 1 aliphatic heterocycles. The number of allylic oxidation sites excluding steroid dienone is 1. The fourth-order valence-electron chi connectivity index (χ4n) is 2.96. The second-order valence-electron chi connectivity index (χ2n) is 5.67. The monoisotopic (exact) mass is 428 g/mol. The molecule has 0 aliphatic carbocycles. The van der Waals surface area contributed by atoms with Crippen molar-refractivity contribution in [2.75, 3.05) is 26.8 Å². The van der Waals surface area contributed by atoms with Crippen LogP contribution in [0.5, 0.6) is 17.2 Å². The normalized spacial score (nSPS) is 13.8. The Bertz CT molecular complexity index is 892. The average Bonchev–Trinajstić information content (AvgIpc) is 3.21. The molecule has 0 unspecified atom stereocenters. The van der Waals surface area contributed by atoms with Gasteiger partial charge in [-0.25, -0.2) is 0 Å². The summed E-state index contributed by atoms with van der Waals surface area (Å²) in [5.41, 5.74) is 4.76. The van der Waals surface area contributed by atoms with Crippen LogP contribution in [0.1, 0.15) is 11.1 Å². The van der Waals surface area contributed by atoms with Crippen LogP contribution in [-0.4, -0.2) is 46.6 Å². The molecule has 6 heteroatoms. The number of nitrogens with zero attached hydrogens (tertiary/aromatic N) is 2. The third-order valence-electron chi connectivity index (χ3n) is 4.21. The van der Waals surface area contributed by atoms with E-state index < -0.39 is 0 Å². The third-order valence-corrected chi connectivity index (χ3v) is 5.88. The molecule has 5 nitrogen and oxygen atoms in total. The average molecular weight is 427 g/mol. The Labute approximate surface area is 165 Å². The molecule has 138 valence electrons. The standard InChI is InChI=1S/C21H20N2O3Se/c1-24-19-11-16(12-20(25-2)21(19)26-3)17(9-10-22)23-14-27-13-18(23)15-7-5-4-6-8-15/h4-9,11-13H,14H2,1-3H3. The van der Waals surface area contributed by atoms with Crippen molar-refractivity contribution in [1.29, 1.82) is 5.26 Å². The van der Waals surface area contributed by atoms with E-state index in [1.807, 2.05) is 30.3 Å². The molecule has 0 radical (unpaired) electrons. The van der Waals surface area contributed by atoms with Crippen LogP contribution in [0.2, 0.25) is 0 Å². The van der Waals surface area contributed by atoms with Crippen LogP contribution in [0, 0.1) is 11.3 Å². The summed E-state index contributed by atoms with van der Waals surface area (Å²) in [5, 5.41) is 9.41. The molecule has 27 heavy (non-hydrogen) atoms. The Balaban J connectivity index is 2.09. The number of methoxy groups -OCH3 is 3. The van der Waals surface area contributed by atoms with Gasteiger partial charge in [0.05, 0.1) is 0 Å². The molecule has 0 fully saturated rings. The number of rotatable bonds is 6. The van der Waals surface area contributed by atoms with Gasteiger partial charge in [-0.3, -0.25) is 0 Å². The van der Waals surface area contributed by atoms with E-state index in [1.165, 1.54) is 0 Å². The van der Waals surface area contributed by atoms with Crippen LogP contribution in [0.25, 0.3) is 11.4 Å². The van der Waals surface area contributed by atoms with E-state index in [0.717, 1.165) is 28.0 Å². The maximum atomic E-state index is 9.41. The van der Waals surface area contributed by atoms with Gasteiger partial charge in [-0.2, -0.15) is 0 Å². The number of nitriles is 1. The Morgan fingerprint density at radius 1 is 1.07 bits per heavy atom. The second kappa shape index (κ2) is 8.68. The summed E-state index contributed by atoms with van der Waals surface area (Å²) in [6.07, 6.45) is 1.57. The van der Waals surface area contributed by atoms with Gasteiger partial charge in [0.1, 0.15) is 0 Å². The molecule has 0 atom stereocenters. The minimum absolute atomic E-state index is 0.334. The second-order valence-corrected chi connectivity index (χ2v) is 7.40. The fourth-order valence-corrected chi connectivity index (χ4v) is 4.90. The predicted octanol–water partition coefficient (Wildman–Crippen LogP) is 3.55. The summed E-state index contributed by atoms with van der Waals surface area (Å²) in [6.45, 7) is 0. The molecule has 0 amide bonds. The van der Waals surface area contributed by atoms with Crippen LogP contribution < -0.4 is 14.2 Å². The van der Waals surface area contributed by atoms with Gasteiger partial charge in [-0.05, 0) is 0 Å². The van der Waals surface area contributed by atoms with Gasteiger partial charge in [0.2, 0.25) is 0 Å². The first-order valence-corrected chi connectivity index (χ1v) is 10.5. The van der Waals surface area contributed by atoms with Gasteiger partial charge < -0.3 is 0 Å². The van der Waals surface area contributed by atoms with E-state index >= 15 is 0 Å². The molecule has 2 aromatic carbocycles. The van der Waals surface area contributed by atoms with Gasteiger partial charge >= 0.3 is 165 Å². The van der Waals surface area contributed by atoms with Gasteiger partial charge in [-0.15, -0.1) is 0 Å². The van der Waals surface area contributed by atoms with Gasteiger partial charge in [-0.1, -0.05) is 0 Å². The van der Waals surface area contributed by atoms with Crippen LogP contribution in [0.4, 0.5) is 0 Å². The minimum atomic E-state index is 0.334. The third kappa shape index (κ3) is 3.80. The van der Waals surface area contributed by atoms with Crippen molar-refractivity contribution in [3.63, 3.8) is 0 Å². The fraction of sp³-hybridized carbons (Fsp3) is 0.190. The number of benzene rings is 2. The van der Waals surface area contributed by atoms with Crippen LogP contribution >= 0.6 is 0 Å². The van der Waals surface area contributed by atoms with Crippen molar-refractivity contribution in [3.8, 4) is 23.3 Å². The van der Waals surface area contributed by atoms with E-state index in [0.29, 0.717) is 32.2 Å². The molecule has 1 aliphatic rings. The van der Waals surface area contributed by atoms with Crippen molar-refractivity contribution < 1.29 is 14.2 Å². The molecule has 2 aromatic rings. The summed E-state index contributed by atoms with van der Waals surface area (Å²) in [4.78, 5) is 4.44. The van der Waals surface area contributed by atoms with Crippen molar-refractivity contribution >= 4 is 26.4 Å². The molecular weight excluding hydrogens is 407 g/mol. The summed E-state index contributed by atoms with van der Waals surface area (Å²) >= 11 is 0.334. The molecule has 0 saturated heterocycles. The zero-order chi connectivity index (χ0) is 19.2. The summed E-state index contributed by atoms with van der Waals surface area (Å²) in [6, 6.07) is 16.1. The molecule has 3 rings (SSSR count). The topological polar surface area (TPSA) is 54.7 Å². The van der Waals surface area contributed by atoms with E-state index in [4.69, 9.17) is 14.2 Å². The Kier molecular flexibility index (Phi) is 6.08. The van der Waals surface area contributed by atoms with Gasteiger partial charge in [0.15, 0.2) is 0 Å². The Hall–Kier alpha value is -2.87. The van der Waals surface area contributed by atoms with Gasteiger partial charge in [0.25, 0.3) is 0 Å². The van der Waals surface area contributed by atoms with E-state index in [9.17, 15) is 5.26 Å². The van der Waals surface area contributed by atoms with Gasteiger partial charge in [0, 0.05) is 0 Å². The summed E-state index contributed by atoms with van der Waals surface area (Å²) < 4.78 is 16.4. The van der Waals surface area contributed by atoms with Crippen molar-refractivity contribution in [2.45, 2.75) is 0 Å². The van der Waals surface area contributed by atoms with Crippen LogP contribution in [0.15, 0.2) is 53.5 Å². The van der Waals surface area contributed by atoms with Crippen LogP contribution in [-0.2, 0) is 0 Å². The Morgan fingerprint density at radius 2 is 1.74 bits per heavy atom. The summed E-state index contributed by atoms with van der Waals surface area (Å²) in [7, 11) is 4.75. The zero-order valence-electron chi connectivity index (χ0n) is 15.4. The van der Waals surface area contributed by atoms with Crippen LogP contribution in [0.3, 0.4) is 0 Å². The quantitative estimate of drug-likeness (QED) is 0.521. The molecule has 0 aromatic heterocycles. The first kappa shape index (κ1) is 18.9. The summed E-state index contributed by atoms with van der Waals surface area (Å²) in [5.74, 6) is 1.65. The maximum absolute atomic E-state index is 9.41. The number of ether oxygens (including phenoxy) is 3. The zero-order valence-corrected chi connectivity index (χ0v) is 17.1. The van der Waals surface area contributed by atoms with Crippen molar-refractivity contribution in [2.24, 2.45) is 0 Å². The SMILES string of the molecule is COc1cc(C(=CC#N)N2C[Se]C=C2c2ccccc2)cc(OC)c1OC. The van der Waals surface area contributed by atoms with Crippen molar-refractivity contribution in [3.05, 3.63) is 64.6 Å². The molecule has 0 saturated carbocycles. The predicted molar refractivity (Wildman–Crippen MR) is 107 cm³/mol. The molecule has 1 heterocycles. The first-order chi connectivity index (χ1) is 13.2. The molecule has 0 N–H and O–H groups in total. The number of hydrogen-bond donors (Lipinski definition) is 0. The van der Waals surface area contributed by atoms with E-state index in [-0.39, 0.29) is 0 Å². The molecule has 0 bridgehead atoms. The Morgan fingerprint density at radius 3 is 2.30 bits per heavy atom. The first-order valence-electron chi connectivity index (χ1n) is 8.28. The number of hydrogen-bond acceptors (Lipinski definition) is 5. The molecule has 0 spiro atoms. The van der Waals surface area contributed by atoms with Crippen molar-refractivity contribution in [1.82, 2.24) is 4.90 Å². The molecular formula is C21H20N2O3Se. The van der Waals surface area contributed by atoms with E-state index in [2.05, 4.69) is 28.1 Å². The van der Waals surface area contributed by atoms with E-state index in [1.54, 1.807) is 27.4 Å².